The van der Waals surface area contributed by atoms with Gasteiger partial charge >= 0.3 is 0 Å². The van der Waals surface area contributed by atoms with Crippen LogP contribution >= 0.6 is 11.8 Å². The molecule has 0 aliphatic heterocycles. The number of rotatable bonds is 6. The van der Waals surface area contributed by atoms with E-state index in [2.05, 4.69) is 20.8 Å². The lowest BCUT2D eigenvalue weighted by molar-refractivity contribution is -0.119. The quantitative estimate of drug-likeness (QED) is 0.690. The van der Waals surface area contributed by atoms with Crippen LogP contribution in [-0.4, -0.2) is 31.9 Å². The number of aromatic nitrogens is 4. The van der Waals surface area contributed by atoms with Gasteiger partial charge in [0.1, 0.15) is 0 Å². The zero-order valence-corrected chi connectivity index (χ0v) is 14.9. The Morgan fingerprint density at radius 2 is 1.88 bits per heavy atom. The van der Waals surface area contributed by atoms with Crippen LogP contribution in [0.25, 0.3) is 5.69 Å². The van der Waals surface area contributed by atoms with Gasteiger partial charge in [-0.1, -0.05) is 60.3 Å². The maximum absolute atomic E-state index is 12.2. The summed E-state index contributed by atoms with van der Waals surface area (Å²) in [6.07, 6.45) is 0. The molecule has 7 heteroatoms. The molecule has 1 atom stereocenters. The van der Waals surface area contributed by atoms with Gasteiger partial charge in [-0.15, -0.1) is 5.10 Å². The van der Waals surface area contributed by atoms with Crippen molar-refractivity contribution in [3.8, 4) is 5.69 Å². The van der Waals surface area contributed by atoms with E-state index in [-0.39, 0.29) is 17.7 Å². The van der Waals surface area contributed by atoms with E-state index in [9.17, 15) is 4.79 Å². The highest BCUT2D eigenvalue weighted by Crippen LogP contribution is 2.20. The molecular formula is C18H19N5OS. The molecule has 1 N–H and O–H groups in total. The van der Waals surface area contributed by atoms with E-state index in [0.717, 1.165) is 16.8 Å². The Morgan fingerprint density at radius 3 is 2.64 bits per heavy atom. The molecule has 0 bridgehead atoms. The van der Waals surface area contributed by atoms with E-state index in [1.165, 1.54) is 11.8 Å². The summed E-state index contributed by atoms with van der Waals surface area (Å²) in [5.41, 5.74) is 3.05. The summed E-state index contributed by atoms with van der Waals surface area (Å²) in [5, 5.41) is 15.4. The number of para-hydroxylation sites is 1. The topological polar surface area (TPSA) is 72.7 Å². The molecule has 25 heavy (non-hydrogen) atoms. The first kappa shape index (κ1) is 17.2. The summed E-state index contributed by atoms with van der Waals surface area (Å²) in [7, 11) is 0. The third-order valence-corrected chi connectivity index (χ3v) is 4.71. The standard InChI is InChI=1S/C18H19N5OS/c1-13-8-6-7-11-16(13)23-18(20-21-22-23)25-12-17(24)19-14(2)15-9-4-3-5-10-15/h3-11,14H,12H2,1-2H3,(H,19,24)/t14-/m0/s1. The van der Waals surface area contributed by atoms with E-state index >= 15 is 0 Å². The monoisotopic (exact) mass is 353 g/mol. The lowest BCUT2D eigenvalue weighted by atomic mass is 10.1. The van der Waals surface area contributed by atoms with E-state index in [0.29, 0.717) is 5.16 Å². The van der Waals surface area contributed by atoms with E-state index < -0.39 is 0 Å². The highest BCUT2D eigenvalue weighted by molar-refractivity contribution is 7.99. The highest BCUT2D eigenvalue weighted by atomic mass is 32.2. The Hall–Kier alpha value is -2.67. The molecule has 3 rings (SSSR count). The van der Waals surface area contributed by atoms with Crippen molar-refractivity contribution >= 4 is 17.7 Å². The van der Waals surface area contributed by atoms with Gasteiger partial charge in [0.05, 0.1) is 17.5 Å². The normalized spacial score (nSPS) is 11.9. The number of aryl methyl sites for hydroxylation is 1. The molecule has 3 aromatic rings. The van der Waals surface area contributed by atoms with E-state index in [1.807, 2.05) is 68.4 Å². The molecule has 0 fully saturated rings. The van der Waals surface area contributed by atoms with Crippen LogP contribution in [0, 0.1) is 6.92 Å². The van der Waals surface area contributed by atoms with E-state index in [1.54, 1.807) is 4.68 Å². The Labute approximate surface area is 150 Å². The molecule has 1 aromatic heterocycles. The number of benzene rings is 2. The zero-order valence-electron chi connectivity index (χ0n) is 14.1. The maximum atomic E-state index is 12.2. The third-order valence-electron chi connectivity index (χ3n) is 3.79. The van der Waals surface area contributed by atoms with Crippen LogP contribution in [0.1, 0.15) is 24.1 Å². The van der Waals surface area contributed by atoms with Crippen LogP contribution in [0.5, 0.6) is 0 Å². The molecule has 128 valence electrons. The van der Waals surface area contributed by atoms with Crippen molar-refractivity contribution in [2.75, 3.05) is 5.75 Å². The Bertz CT molecular complexity index is 849. The number of carbonyl (C=O) groups is 1. The fraction of sp³-hybridized carbons (Fsp3) is 0.222. The number of hydrogen-bond acceptors (Lipinski definition) is 5. The molecule has 0 aliphatic carbocycles. The lowest BCUT2D eigenvalue weighted by Gasteiger charge is -2.14. The van der Waals surface area contributed by atoms with Gasteiger partial charge in [-0.3, -0.25) is 4.79 Å². The van der Waals surface area contributed by atoms with Gasteiger partial charge < -0.3 is 5.32 Å². The summed E-state index contributed by atoms with van der Waals surface area (Å²) in [4.78, 5) is 12.2. The van der Waals surface area contributed by atoms with Crippen molar-refractivity contribution in [2.24, 2.45) is 0 Å². The van der Waals surface area contributed by atoms with Gasteiger partial charge in [0, 0.05) is 0 Å². The minimum Gasteiger partial charge on any atom is -0.349 e. The van der Waals surface area contributed by atoms with Crippen LogP contribution in [0.15, 0.2) is 59.8 Å². The molecule has 1 amide bonds. The Morgan fingerprint density at radius 1 is 1.16 bits per heavy atom. The molecule has 0 saturated heterocycles. The van der Waals surface area contributed by atoms with Gasteiger partial charge in [-0.25, -0.2) is 0 Å². The van der Waals surface area contributed by atoms with Crippen molar-refractivity contribution in [1.29, 1.82) is 0 Å². The molecule has 0 radical (unpaired) electrons. The fourth-order valence-electron chi connectivity index (χ4n) is 2.46. The summed E-state index contributed by atoms with van der Waals surface area (Å²) in [6, 6.07) is 17.7. The molecule has 0 aliphatic rings. The molecule has 0 saturated carbocycles. The second-order valence-corrected chi connectivity index (χ2v) is 6.59. The van der Waals surface area contributed by atoms with Crippen LogP contribution < -0.4 is 5.32 Å². The first-order chi connectivity index (χ1) is 12.1. The Balaban J connectivity index is 1.62. The minimum atomic E-state index is -0.0549. The predicted molar refractivity (Wildman–Crippen MR) is 97.6 cm³/mol. The number of nitrogens with one attached hydrogen (secondary N) is 1. The number of nitrogens with zero attached hydrogens (tertiary/aromatic N) is 4. The smallest absolute Gasteiger partial charge is 0.230 e. The van der Waals surface area contributed by atoms with Crippen molar-refractivity contribution in [2.45, 2.75) is 25.0 Å². The zero-order chi connectivity index (χ0) is 17.6. The van der Waals surface area contributed by atoms with Gasteiger partial charge in [0.2, 0.25) is 11.1 Å². The average molecular weight is 353 g/mol. The van der Waals surface area contributed by atoms with Crippen LogP contribution in [0.3, 0.4) is 0 Å². The number of amides is 1. The first-order valence-electron chi connectivity index (χ1n) is 7.96. The van der Waals surface area contributed by atoms with Gasteiger partial charge in [0.25, 0.3) is 0 Å². The summed E-state index contributed by atoms with van der Waals surface area (Å²) < 4.78 is 1.66. The molecule has 1 heterocycles. The van der Waals surface area contributed by atoms with E-state index in [4.69, 9.17) is 0 Å². The van der Waals surface area contributed by atoms with Crippen LogP contribution in [-0.2, 0) is 4.79 Å². The van der Waals surface area contributed by atoms with Crippen LogP contribution in [0.4, 0.5) is 0 Å². The molecule has 0 spiro atoms. The molecule has 6 nitrogen and oxygen atoms in total. The molecule has 2 aromatic carbocycles. The predicted octanol–water partition coefficient (Wildman–Crippen LogP) is 2.94. The number of carbonyl (C=O) groups excluding carboxylic acids is 1. The molecular weight excluding hydrogens is 334 g/mol. The largest absolute Gasteiger partial charge is 0.349 e. The summed E-state index contributed by atoms with van der Waals surface area (Å²) in [5.74, 6) is 0.198. The van der Waals surface area contributed by atoms with Crippen molar-refractivity contribution < 1.29 is 4.79 Å². The van der Waals surface area contributed by atoms with Crippen molar-refractivity contribution in [3.63, 3.8) is 0 Å². The molecule has 0 unspecified atom stereocenters. The van der Waals surface area contributed by atoms with Gasteiger partial charge in [-0.2, -0.15) is 4.68 Å². The SMILES string of the molecule is Cc1ccccc1-n1nnnc1SCC(=O)N[C@@H](C)c1ccccc1. The van der Waals surface area contributed by atoms with Crippen molar-refractivity contribution in [1.82, 2.24) is 25.5 Å². The minimum absolute atomic E-state index is 0.0401. The number of tetrazole rings is 1. The Kier molecular flexibility index (Phi) is 5.45. The van der Waals surface area contributed by atoms with Gasteiger partial charge in [-0.05, 0) is 41.5 Å². The number of thioether (sulfide) groups is 1. The average Bonchev–Trinajstić information content (AvgIpc) is 3.09. The third kappa shape index (κ3) is 4.24. The second-order valence-electron chi connectivity index (χ2n) is 5.65. The van der Waals surface area contributed by atoms with Crippen molar-refractivity contribution in [3.05, 3.63) is 65.7 Å². The maximum Gasteiger partial charge on any atom is 0.230 e. The summed E-state index contributed by atoms with van der Waals surface area (Å²) >= 11 is 1.32. The van der Waals surface area contributed by atoms with Gasteiger partial charge in [0.15, 0.2) is 0 Å². The second kappa shape index (κ2) is 7.94. The lowest BCUT2D eigenvalue weighted by Crippen LogP contribution is -2.28. The van der Waals surface area contributed by atoms with Crippen LogP contribution in [0.2, 0.25) is 0 Å². The number of hydrogen-bond donors (Lipinski definition) is 1. The highest BCUT2D eigenvalue weighted by Gasteiger charge is 2.14. The first-order valence-corrected chi connectivity index (χ1v) is 8.95. The summed E-state index contributed by atoms with van der Waals surface area (Å²) in [6.45, 7) is 3.97. The fourth-order valence-corrected chi connectivity index (χ4v) is 3.15.